The zero-order valence-electron chi connectivity index (χ0n) is 17.2. The van der Waals surface area contributed by atoms with Gasteiger partial charge in [-0.15, -0.1) is 10.2 Å². The van der Waals surface area contributed by atoms with Crippen LogP contribution in [0.1, 0.15) is 18.5 Å². The third kappa shape index (κ3) is 5.15. The van der Waals surface area contributed by atoms with E-state index in [1.54, 1.807) is 7.11 Å². The van der Waals surface area contributed by atoms with Gasteiger partial charge in [-0.3, -0.25) is 4.79 Å². The number of para-hydroxylation sites is 2. The van der Waals surface area contributed by atoms with Crippen molar-refractivity contribution in [1.82, 2.24) is 15.5 Å². The van der Waals surface area contributed by atoms with Gasteiger partial charge in [-0.1, -0.05) is 77.7 Å². The number of carbonyl (C=O) groups excluding carboxylic acids is 1. The Morgan fingerprint density at radius 2 is 1.84 bits per heavy atom. The summed E-state index contributed by atoms with van der Waals surface area (Å²) < 4.78 is 6.07. The van der Waals surface area contributed by atoms with Crippen molar-refractivity contribution in [3.05, 3.63) is 72.3 Å². The molecule has 1 aromatic heterocycles. The normalized spacial score (nSPS) is 11.8. The maximum atomic E-state index is 12.5. The monoisotopic (exact) mass is 450 g/mol. The summed E-state index contributed by atoms with van der Waals surface area (Å²) in [6.45, 7) is 2.00. The Kier molecular flexibility index (Phi) is 6.69. The molecule has 0 bridgehead atoms. The second kappa shape index (κ2) is 9.80. The van der Waals surface area contributed by atoms with Crippen molar-refractivity contribution in [2.75, 3.05) is 18.2 Å². The van der Waals surface area contributed by atoms with Gasteiger partial charge < -0.3 is 15.4 Å². The third-order valence-electron chi connectivity index (χ3n) is 4.75. The topological polar surface area (TPSA) is 76.1 Å². The van der Waals surface area contributed by atoms with E-state index in [4.69, 9.17) is 4.74 Å². The van der Waals surface area contributed by atoms with Crippen LogP contribution in [0.2, 0.25) is 0 Å². The number of fused-ring (bicyclic) bond motifs is 1. The molecule has 6 nitrogen and oxygen atoms in total. The fraction of sp³-hybridized carbons (Fsp3) is 0.174. The number of amides is 1. The molecule has 31 heavy (non-hydrogen) atoms. The highest BCUT2D eigenvalue weighted by atomic mass is 32.2. The number of nitrogens with one attached hydrogen (secondary N) is 2. The minimum atomic E-state index is -0.0867. The lowest BCUT2D eigenvalue weighted by molar-refractivity contribution is -0.119. The van der Waals surface area contributed by atoms with E-state index in [1.165, 1.54) is 28.5 Å². The number of anilines is 2. The summed E-state index contributed by atoms with van der Waals surface area (Å²) in [5.74, 6) is 0.965. The summed E-state index contributed by atoms with van der Waals surface area (Å²) in [7, 11) is 1.62. The largest absolute Gasteiger partial charge is 0.495 e. The molecule has 0 saturated heterocycles. The summed E-state index contributed by atoms with van der Waals surface area (Å²) >= 11 is 2.77. The maximum absolute atomic E-state index is 12.5. The van der Waals surface area contributed by atoms with E-state index in [9.17, 15) is 4.79 Å². The summed E-state index contributed by atoms with van der Waals surface area (Å²) in [4.78, 5) is 12.5. The van der Waals surface area contributed by atoms with Gasteiger partial charge in [-0.2, -0.15) is 0 Å². The van der Waals surface area contributed by atoms with E-state index in [0.717, 1.165) is 26.7 Å². The number of benzene rings is 3. The van der Waals surface area contributed by atoms with Gasteiger partial charge in [0.2, 0.25) is 11.0 Å². The molecule has 0 fully saturated rings. The number of carbonyl (C=O) groups is 1. The fourth-order valence-electron chi connectivity index (χ4n) is 3.30. The molecule has 0 radical (unpaired) electrons. The van der Waals surface area contributed by atoms with Crippen molar-refractivity contribution in [1.29, 1.82) is 0 Å². The highest BCUT2D eigenvalue weighted by Gasteiger charge is 2.14. The molecule has 1 atom stereocenters. The number of ether oxygens (including phenoxy) is 1. The van der Waals surface area contributed by atoms with E-state index in [0.29, 0.717) is 5.13 Å². The van der Waals surface area contributed by atoms with E-state index < -0.39 is 0 Å². The third-order valence-corrected chi connectivity index (χ3v) is 6.72. The van der Waals surface area contributed by atoms with Crippen LogP contribution in [0.5, 0.6) is 5.75 Å². The number of thioether (sulfide) groups is 1. The molecule has 3 aromatic carbocycles. The van der Waals surface area contributed by atoms with Gasteiger partial charge in [0.1, 0.15) is 5.75 Å². The second-order valence-electron chi connectivity index (χ2n) is 6.84. The van der Waals surface area contributed by atoms with Crippen LogP contribution in [-0.2, 0) is 4.79 Å². The van der Waals surface area contributed by atoms with Crippen molar-refractivity contribution in [2.45, 2.75) is 17.3 Å². The first-order valence-electron chi connectivity index (χ1n) is 9.77. The lowest BCUT2D eigenvalue weighted by Gasteiger charge is -2.16. The first-order chi connectivity index (χ1) is 15.1. The van der Waals surface area contributed by atoms with E-state index in [1.807, 2.05) is 49.4 Å². The first-order valence-corrected chi connectivity index (χ1v) is 11.6. The molecule has 0 aliphatic carbocycles. The smallest absolute Gasteiger partial charge is 0.230 e. The Morgan fingerprint density at radius 1 is 1.06 bits per heavy atom. The van der Waals surface area contributed by atoms with Crippen LogP contribution >= 0.6 is 23.1 Å². The number of hydrogen-bond donors (Lipinski definition) is 2. The summed E-state index contributed by atoms with van der Waals surface area (Å²) in [6.07, 6.45) is 0. The van der Waals surface area contributed by atoms with Gasteiger partial charge in [0.05, 0.1) is 24.6 Å². The first kappa shape index (κ1) is 21.1. The Balaban J connectivity index is 1.34. The summed E-state index contributed by atoms with van der Waals surface area (Å²) in [5, 5.41) is 17.6. The van der Waals surface area contributed by atoms with Gasteiger partial charge in [0.15, 0.2) is 4.34 Å². The average molecular weight is 451 g/mol. The molecule has 0 spiro atoms. The second-order valence-corrected chi connectivity index (χ2v) is 9.04. The molecular formula is C23H22N4O2S2. The van der Waals surface area contributed by atoms with Crippen LogP contribution in [0.3, 0.4) is 0 Å². The minimum absolute atomic E-state index is 0.0418. The fourth-order valence-corrected chi connectivity index (χ4v) is 4.87. The molecule has 1 amide bonds. The molecule has 2 N–H and O–H groups in total. The van der Waals surface area contributed by atoms with Crippen LogP contribution in [0.15, 0.2) is 71.1 Å². The Hall–Kier alpha value is -3.10. The van der Waals surface area contributed by atoms with Crippen molar-refractivity contribution in [2.24, 2.45) is 0 Å². The molecule has 0 aliphatic rings. The van der Waals surface area contributed by atoms with Crippen LogP contribution in [-0.4, -0.2) is 29.0 Å². The Bertz CT molecular complexity index is 1190. The van der Waals surface area contributed by atoms with Crippen molar-refractivity contribution in [3.63, 3.8) is 0 Å². The lowest BCUT2D eigenvalue weighted by Crippen LogP contribution is -2.28. The van der Waals surface area contributed by atoms with Crippen LogP contribution in [0.25, 0.3) is 10.8 Å². The highest BCUT2D eigenvalue weighted by molar-refractivity contribution is 8.01. The predicted octanol–water partition coefficient (Wildman–Crippen LogP) is 5.41. The van der Waals surface area contributed by atoms with E-state index >= 15 is 0 Å². The SMILES string of the molecule is COc1ccccc1Nc1nnc(SCC(=O)NC(C)c2cccc3ccccc23)s1. The number of rotatable bonds is 8. The van der Waals surface area contributed by atoms with Gasteiger partial charge in [0, 0.05) is 0 Å². The van der Waals surface area contributed by atoms with Crippen molar-refractivity contribution in [3.8, 4) is 5.75 Å². The number of aromatic nitrogens is 2. The van der Waals surface area contributed by atoms with Gasteiger partial charge >= 0.3 is 0 Å². The van der Waals surface area contributed by atoms with Gasteiger partial charge in [0.25, 0.3) is 0 Å². The van der Waals surface area contributed by atoms with Crippen molar-refractivity contribution < 1.29 is 9.53 Å². The lowest BCUT2D eigenvalue weighted by atomic mass is 10.00. The highest BCUT2D eigenvalue weighted by Crippen LogP contribution is 2.31. The average Bonchev–Trinajstić information content (AvgIpc) is 3.25. The molecule has 8 heteroatoms. The zero-order chi connectivity index (χ0) is 21.6. The molecule has 0 saturated carbocycles. The molecule has 1 unspecified atom stereocenters. The van der Waals surface area contributed by atoms with E-state index in [2.05, 4.69) is 45.1 Å². The van der Waals surface area contributed by atoms with Crippen LogP contribution < -0.4 is 15.4 Å². The predicted molar refractivity (Wildman–Crippen MR) is 127 cm³/mol. The maximum Gasteiger partial charge on any atom is 0.230 e. The Labute approximate surface area is 189 Å². The molecule has 4 aromatic rings. The molecule has 1 heterocycles. The molecule has 4 rings (SSSR count). The molecule has 158 valence electrons. The van der Waals surface area contributed by atoms with E-state index in [-0.39, 0.29) is 17.7 Å². The van der Waals surface area contributed by atoms with Crippen LogP contribution in [0, 0.1) is 0 Å². The summed E-state index contributed by atoms with van der Waals surface area (Å²) in [6, 6.07) is 21.9. The molecular weight excluding hydrogens is 428 g/mol. The quantitative estimate of drug-likeness (QED) is 0.350. The van der Waals surface area contributed by atoms with Crippen LogP contribution in [0.4, 0.5) is 10.8 Å². The number of methoxy groups -OCH3 is 1. The molecule has 0 aliphatic heterocycles. The van der Waals surface area contributed by atoms with Gasteiger partial charge in [-0.05, 0) is 35.4 Å². The summed E-state index contributed by atoms with van der Waals surface area (Å²) in [5.41, 5.74) is 1.93. The van der Waals surface area contributed by atoms with Crippen molar-refractivity contribution >= 4 is 50.6 Å². The number of hydrogen-bond acceptors (Lipinski definition) is 7. The van der Waals surface area contributed by atoms with Gasteiger partial charge in [-0.25, -0.2) is 0 Å². The standard InChI is InChI=1S/C23H22N4O2S2/c1-15(17-11-7-9-16-8-3-4-10-18(16)17)24-21(28)14-30-23-27-26-22(31-23)25-19-12-5-6-13-20(19)29-2/h3-13,15H,14H2,1-2H3,(H,24,28)(H,25,26). The minimum Gasteiger partial charge on any atom is -0.495 e. The number of nitrogens with zero attached hydrogens (tertiary/aromatic N) is 2. The zero-order valence-corrected chi connectivity index (χ0v) is 18.8. The Morgan fingerprint density at radius 3 is 2.71 bits per heavy atom.